The smallest absolute Gasteiger partial charge is 0.307 e. The zero-order valence-corrected chi connectivity index (χ0v) is 17.7. The summed E-state index contributed by atoms with van der Waals surface area (Å²) in [6.07, 6.45) is 0.104. The summed E-state index contributed by atoms with van der Waals surface area (Å²) < 4.78 is 4.55. The van der Waals surface area contributed by atoms with Gasteiger partial charge in [-0.1, -0.05) is 23.9 Å². The highest BCUT2D eigenvalue weighted by molar-refractivity contribution is 8.15. The average Bonchev–Trinajstić information content (AvgIpc) is 3.01. The number of methoxy groups -OCH3 is 1. The van der Waals surface area contributed by atoms with Crippen LogP contribution < -0.4 is 11.1 Å². The number of esters is 1. The lowest BCUT2D eigenvalue weighted by molar-refractivity contribution is -0.140. The van der Waals surface area contributed by atoms with Gasteiger partial charge in [0, 0.05) is 37.8 Å². The maximum Gasteiger partial charge on any atom is 0.307 e. The molecule has 10 heteroatoms. The molecule has 2 unspecified atom stereocenters. The highest BCUT2D eigenvalue weighted by Crippen LogP contribution is 2.31. The summed E-state index contributed by atoms with van der Waals surface area (Å²) in [6, 6.07) is 6.54. The molecule has 1 heterocycles. The lowest BCUT2D eigenvalue weighted by Gasteiger charge is -2.19. The number of ether oxygens (including phenoxy) is 1. The summed E-state index contributed by atoms with van der Waals surface area (Å²) in [4.78, 5) is 46.0. The molecule has 2 atom stereocenters. The van der Waals surface area contributed by atoms with E-state index < -0.39 is 11.2 Å². The van der Waals surface area contributed by atoms with Gasteiger partial charge in [0.15, 0.2) is 5.17 Å². The van der Waals surface area contributed by atoms with E-state index in [0.717, 1.165) is 5.56 Å². The maximum atomic E-state index is 12.5. The van der Waals surface area contributed by atoms with E-state index >= 15 is 0 Å². The molecule has 1 aromatic carbocycles. The topological polar surface area (TPSA) is 126 Å². The molecule has 9 nitrogen and oxygen atoms in total. The quantitative estimate of drug-likeness (QED) is 0.393. The Hall–Kier alpha value is -2.88. The van der Waals surface area contributed by atoms with Gasteiger partial charge < -0.3 is 20.7 Å². The molecule has 0 aliphatic carbocycles. The van der Waals surface area contributed by atoms with E-state index in [2.05, 4.69) is 20.0 Å². The highest BCUT2D eigenvalue weighted by Gasteiger charge is 2.39. The lowest BCUT2D eigenvalue weighted by atomic mass is 10.1. The first-order valence-corrected chi connectivity index (χ1v) is 9.86. The summed E-state index contributed by atoms with van der Waals surface area (Å²) in [7, 11) is 4.68. The van der Waals surface area contributed by atoms with E-state index in [1.54, 1.807) is 43.3 Å². The van der Waals surface area contributed by atoms with E-state index in [-0.39, 0.29) is 30.9 Å². The third-order valence-corrected chi connectivity index (χ3v) is 6.02. The van der Waals surface area contributed by atoms with Crippen molar-refractivity contribution in [1.29, 1.82) is 0 Å². The monoisotopic (exact) mass is 419 g/mol. The van der Waals surface area contributed by atoms with Crippen LogP contribution in [-0.4, -0.2) is 72.7 Å². The van der Waals surface area contributed by atoms with Crippen LogP contribution >= 0.6 is 11.8 Å². The molecule has 0 saturated carbocycles. The number of carbonyl (C=O) groups is 3. The number of nitrogens with zero attached hydrogens (tertiary/aromatic N) is 3. The lowest BCUT2D eigenvalue weighted by Crippen LogP contribution is -2.41. The number of benzene rings is 1. The third kappa shape index (κ3) is 5.57. The van der Waals surface area contributed by atoms with Gasteiger partial charge in [0.2, 0.25) is 5.91 Å². The maximum absolute atomic E-state index is 12.5. The predicted molar refractivity (Wildman–Crippen MR) is 113 cm³/mol. The number of hydrogen-bond acceptors (Lipinski definition) is 6. The molecule has 2 amide bonds. The van der Waals surface area contributed by atoms with Crippen LogP contribution in [0.15, 0.2) is 34.3 Å². The van der Waals surface area contributed by atoms with Gasteiger partial charge in [0.1, 0.15) is 11.1 Å². The number of carbonyl (C=O) groups excluding carboxylic acids is 3. The zero-order valence-electron chi connectivity index (χ0n) is 16.8. The SMILES string of the molecule is CN=C(N)c1ccc(C(=O)N=C2SC(C(=O)NCCC(=O)OC)C(C)N2C)cc1. The van der Waals surface area contributed by atoms with Crippen LogP contribution in [0.4, 0.5) is 0 Å². The Labute approximate surface area is 173 Å². The van der Waals surface area contributed by atoms with Gasteiger partial charge in [-0.05, 0) is 19.1 Å². The number of amidine groups is 2. The zero-order chi connectivity index (χ0) is 21.6. The van der Waals surface area contributed by atoms with Gasteiger partial charge in [-0.25, -0.2) is 0 Å². The van der Waals surface area contributed by atoms with E-state index in [1.807, 2.05) is 6.92 Å². The van der Waals surface area contributed by atoms with Crippen LogP contribution in [0.25, 0.3) is 0 Å². The summed E-state index contributed by atoms with van der Waals surface area (Å²) in [5.41, 5.74) is 6.89. The van der Waals surface area contributed by atoms with Crippen molar-refractivity contribution in [3.63, 3.8) is 0 Å². The first-order valence-electron chi connectivity index (χ1n) is 8.98. The molecule has 29 heavy (non-hydrogen) atoms. The minimum atomic E-state index is -0.438. The van der Waals surface area contributed by atoms with Gasteiger partial charge in [-0.2, -0.15) is 4.99 Å². The van der Waals surface area contributed by atoms with Gasteiger partial charge in [0.05, 0.1) is 13.5 Å². The van der Waals surface area contributed by atoms with Gasteiger partial charge in [-0.3, -0.25) is 19.4 Å². The number of amides is 2. The van der Waals surface area contributed by atoms with Crippen molar-refractivity contribution in [1.82, 2.24) is 10.2 Å². The molecule has 0 bridgehead atoms. The fourth-order valence-electron chi connectivity index (χ4n) is 2.60. The van der Waals surface area contributed by atoms with Crippen molar-refractivity contribution in [3.05, 3.63) is 35.4 Å². The van der Waals surface area contributed by atoms with Crippen LogP contribution in [0.5, 0.6) is 0 Å². The Balaban J connectivity index is 2.04. The fraction of sp³-hybridized carbons (Fsp3) is 0.421. The van der Waals surface area contributed by atoms with Crippen molar-refractivity contribution in [2.75, 3.05) is 27.7 Å². The molecule has 1 saturated heterocycles. The van der Waals surface area contributed by atoms with E-state index in [0.29, 0.717) is 16.6 Å². The third-order valence-electron chi connectivity index (χ3n) is 4.56. The van der Waals surface area contributed by atoms with Gasteiger partial charge in [-0.15, -0.1) is 0 Å². The van der Waals surface area contributed by atoms with Crippen molar-refractivity contribution >= 4 is 40.5 Å². The van der Waals surface area contributed by atoms with Crippen LogP contribution in [0.3, 0.4) is 0 Å². The van der Waals surface area contributed by atoms with Crippen molar-refractivity contribution in [2.45, 2.75) is 24.6 Å². The van der Waals surface area contributed by atoms with Crippen LogP contribution in [-0.2, 0) is 14.3 Å². The molecule has 1 aliphatic rings. The molecule has 1 aliphatic heterocycles. The van der Waals surface area contributed by atoms with Gasteiger partial charge >= 0.3 is 5.97 Å². The number of thioether (sulfide) groups is 1. The minimum absolute atomic E-state index is 0.104. The van der Waals surface area contributed by atoms with Crippen LogP contribution in [0.2, 0.25) is 0 Å². The summed E-state index contributed by atoms with van der Waals surface area (Å²) in [5, 5.41) is 2.75. The summed E-state index contributed by atoms with van der Waals surface area (Å²) >= 11 is 1.22. The molecule has 1 aromatic rings. The number of nitrogens with two attached hydrogens (primary N) is 1. The molecule has 0 spiro atoms. The molecule has 0 aromatic heterocycles. The van der Waals surface area contributed by atoms with Gasteiger partial charge in [0.25, 0.3) is 5.91 Å². The Kier molecular flexibility index (Phi) is 7.77. The second-order valence-electron chi connectivity index (χ2n) is 6.39. The molecule has 2 rings (SSSR count). The van der Waals surface area contributed by atoms with E-state index in [9.17, 15) is 14.4 Å². The average molecular weight is 420 g/mol. The minimum Gasteiger partial charge on any atom is -0.469 e. The molecule has 156 valence electrons. The normalized spacial score (nSPS) is 20.6. The molecule has 1 fully saturated rings. The first kappa shape index (κ1) is 22.4. The largest absolute Gasteiger partial charge is 0.469 e. The van der Waals surface area contributed by atoms with E-state index in [1.165, 1.54) is 18.9 Å². The Bertz CT molecular complexity index is 838. The molecular weight excluding hydrogens is 394 g/mol. The van der Waals surface area contributed by atoms with Crippen molar-refractivity contribution < 1.29 is 19.1 Å². The van der Waals surface area contributed by atoms with Crippen LogP contribution in [0.1, 0.15) is 29.3 Å². The van der Waals surface area contributed by atoms with E-state index in [4.69, 9.17) is 5.73 Å². The van der Waals surface area contributed by atoms with Crippen molar-refractivity contribution in [3.8, 4) is 0 Å². The van der Waals surface area contributed by atoms with Crippen molar-refractivity contribution in [2.24, 2.45) is 15.7 Å². The Morgan fingerprint density at radius 3 is 2.45 bits per heavy atom. The predicted octanol–water partition coefficient (Wildman–Crippen LogP) is 0.633. The fourth-order valence-corrected chi connectivity index (χ4v) is 3.87. The second-order valence-corrected chi connectivity index (χ2v) is 7.50. The van der Waals surface area contributed by atoms with Crippen LogP contribution in [0, 0.1) is 0 Å². The number of aliphatic imine (C=N–C) groups is 2. The summed E-state index contributed by atoms with van der Waals surface area (Å²) in [6.45, 7) is 2.08. The highest BCUT2D eigenvalue weighted by atomic mass is 32.2. The molecular formula is C19H25N5O4S. The Morgan fingerprint density at radius 2 is 1.86 bits per heavy atom. The number of nitrogens with one attached hydrogen (secondary N) is 1. The standard InChI is InChI=1S/C19H25N5O4S/c1-11-15(18(27)22-10-9-14(25)28-4)29-19(24(11)3)23-17(26)13-7-5-12(6-8-13)16(20)21-2/h5-8,11,15H,9-10H2,1-4H3,(H2,20,21)(H,22,27). The Morgan fingerprint density at radius 1 is 1.24 bits per heavy atom. The molecule has 3 N–H and O–H groups in total. The second kappa shape index (κ2) is 10.1. The number of hydrogen-bond donors (Lipinski definition) is 2. The number of rotatable bonds is 6. The first-order chi connectivity index (χ1) is 13.8. The summed E-state index contributed by atoms with van der Waals surface area (Å²) in [5.74, 6) is -0.622. The molecule has 0 radical (unpaired) electrons.